The summed E-state index contributed by atoms with van der Waals surface area (Å²) in [7, 11) is 0. The number of benzene rings is 3. The van der Waals surface area contributed by atoms with Gasteiger partial charge in [0.15, 0.2) is 0 Å². The van der Waals surface area contributed by atoms with Crippen LogP contribution >= 0.6 is 11.6 Å². The molecule has 1 aliphatic heterocycles. The van der Waals surface area contributed by atoms with Crippen LogP contribution in [0.4, 0.5) is 5.69 Å². The summed E-state index contributed by atoms with van der Waals surface area (Å²) in [6.07, 6.45) is 0.434. The molecular formula is C28H30ClN3O3. The zero-order chi connectivity index (χ0) is 25.1. The first kappa shape index (κ1) is 24.7. The van der Waals surface area contributed by atoms with E-state index in [1.165, 1.54) is 4.90 Å². The molecule has 7 heteroatoms. The lowest BCUT2D eigenvalue weighted by molar-refractivity contribution is -0.140. The maximum Gasteiger partial charge on any atom is 0.259 e. The zero-order valence-corrected chi connectivity index (χ0v) is 21.0. The smallest absolute Gasteiger partial charge is 0.259 e. The fourth-order valence-corrected chi connectivity index (χ4v) is 4.71. The maximum atomic E-state index is 13.8. The van der Waals surface area contributed by atoms with Crippen LogP contribution in [-0.2, 0) is 16.1 Å². The molecular weight excluding hydrogens is 462 g/mol. The fraction of sp³-hybridized carbons (Fsp3) is 0.321. The normalized spacial score (nSPS) is 13.4. The highest BCUT2D eigenvalue weighted by Crippen LogP contribution is 2.37. The topological polar surface area (TPSA) is 69.7 Å². The van der Waals surface area contributed by atoms with Crippen LogP contribution in [0.1, 0.15) is 43.1 Å². The van der Waals surface area contributed by atoms with E-state index in [-0.39, 0.29) is 36.7 Å². The second-order valence-corrected chi connectivity index (χ2v) is 9.66. The maximum absolute atomic E-state index is 13.8. The Morgan fingerprint density at radius 3 is 2.43 bits per heavy atom. The Morgan fingerprint density at radius 2 is 1.74 bits per heavy atom. The van der Waals surface area contributed by atoms with E-state index in [0.29, 0.717) is 29.2 Å². The van der Waals surface area contributed by atoms with Crippen molar-refractivity contribution >= 4 is 45.8 Å². The summed E-state index contributed by atoms with van der Waals surface area (Å²) in [5.41, 5.74) is 2.05. The van der Waals surface area contributed by atoms with E-state index in [4.69, 9.17) is 11.6 Å². The van der Waals surface area contributed by atoms with Gasteiger partial charge in [-0.15, -0.1) is 0 Å². The van der Waals surface area contributed by atoms with Gasteiger partial charge < -0.3 is 10.2 Å². The molecule has 1 aliphatic rings. The molecule has 1 N–H and O–H groups in total. The summed E-state index contributed by atoms with van der Waals surface area (Å²) in [5.74, 6) is -0.445. The van der Waals surface area contributed by atoms with Gasteiger partial charge in [-0.1, -0.05) is 74.8 Å². The summed E-state index contributed by atoms with van der Waals surface area (Å²) in [6.45, 7) is 6.45. The third-order valence-electron chi connectivity index (χ3n) is 6.31. The van der Waals surface area contributed by atoms with Crippen molar-refractivity contribution in [2.75, 3.05) is 18.0 Å². The molecule has 3 amide bonds. The highest BCUT2D eigenvalue weighted by molar-refractivity contribution is 6.31. The van der Waals surface area contributed by atoms with Gasteiger partial charge in [-0.3, -0.25) is 19.3 Å². The van der Waals surface area contributed by atoms with E-state index >= 15 is 0 Å². The van der Waals surface area contributed by atoms with Crippen LogP contribution in [0.15, 0.2) is 60.7 Å². The molecule has 0 fully saturated rings. The second-order valence-electron chi connectivity index (χ2n) is 9.25. The molecule has 182 valence electrons. The summed E-state index contributed by atoms with van der Waals surface area (Å²) in [6, 6.07) is 17.9. The first-order valence-electron chi connectivity index (χ1n) is 12.0. The van der Waals surface area contributed by atoms with Gasteiger partial charge in [-0.05, 0) is 41.5 Å². The molecule has 4 rings (SSSR count). The molecule has 0 saturated heterocycles. The minimum absolute atomic E-state index is 0.162. The minimum atomic E-state index is -0.687. The van der Waals surface area contributed by atoms with Gasteiger partial charge in [-0.25, -0.2) is 0 Å². The summed E-state index contributed by atoms with van der Waals surface area (Å²) in [5, 5.41) is 5.29. The average Bonchev–Trinajstić information content (AvgIpc) is 3.11. The number of hydrogen-bond acceptors (Lipinski definition) is 3. The van der Waals surface area contributed by atoms with Gasteiger partial charge >= 0.3 is 0 Å². The van der Waals surface area contributed by atoms with Crippen LogP contribution in [0.25, 0.3) is 10.8 Å². The Labute approximate surface area is 210 Å². The predicted octanol–water partition coefficient (Wildman–Crippen LogP) is 5.03. The summed E-state index contributed by atoms with van der Waals surface area (Å²) >= 11 is 6.41. The highest BCUT2D eigenvalue weighted by Gasteiger charge is 2.35. The number of rotatable bonds is 9. The van der Waals surface area contributed by atoms with Crippen molar-refractivity contribution in [1.82, 2.24) is 10.2 Å². The van der Waals surface area contributed by atoms with Gasteiger partial charge in [0.25, 0.3) is 5.91 Å². The van der Waals surface area contributed by atoms with Crippen molar-refractivity contribution in [2.45, 2.75) is 39.8 Å². The molecule has 0 saturated carbocycles. The fourth-order valence-electron chi connectivity index (χ4n) is 4.51. The van der Waals surface area contributed by atoms with Crippen molar-refractivity contribution < 1.29 is 14.4 Å². The van der Waals surface area contributed by atoms with Crippen LogP contribution in [0.5, 0.6) is 0 Å². The third-order valence-corrected chi connectivity index (χ3v) is 6.68. The molecule has 0 aliphatic carbocycles. The van der Waals surface area contributed by atoms with Crippen LogP contribution in [0.2, 0.25) is 5.02 Å². The summed E-state index contributed by atoms with van der Waals surface area (Å²) in [4.78, 5) is 43.2. The van der Waals surface area contributed by atoms with Gasteiger partial charge in [0.2, 0.25) is 11.8 Å². The summed E-state index contributed by atoms with van der Waals surface area (Å²) < 4.78 is 0. The molecule has 1 heterocycles. The first-order valence-corrected chi connectivity index (χ1v) is 12.3. The molecule has 3 aromatic carbocycles. The van der Waals surface area contributed by atoms with E-state index in [0.717, 1.165) is 16.3 Å². The SMILES string of the molecule is CC[C@@H](C(=O)NCC(C)C)N(Cc1ccccc1Cl)C(=O)CN1C(=O)c2cccc3cccc1c23. The molecule has 0 unspecified atom stereocenters. The standard InChI is InChI=1S/C28H30ClN3O3/c1-4-23(27(34)30-15-18(2)3)31(16-20-9-5-6-13-22(20)29)25(33)17-32-24-14-8-11-19-10-7-12-21(26(19)24)28(32)35/h5-14,18,23H,4,15-17H2,1-3H3,(H,30,34)/t23-/m0/s1. The van der Waals surface area contributed by atoms with Crippen molar-refractivity contribution in [3.8, 4) is 0 Å². The highest BCUT2D eigenvalue weighted by atomic mass is 35.5. The zero-order valence-electron chi connectivity index (χ0n) is 20.3. The Bertz CT molecular complexity index is 1270. The number of amides is 3. The Hall–Kier alpha value is -3.38. The number of halogens is 1. The largest absolute Gasteiger partial charge is 0.354 e. The lowest BCUT2D eigenvalue weighted by Gasteiger charge is -2.32. The van der Waals surface area contributed by atoms with E-state index in [1.807, 2.05) is 69.3 Å². The van der Waals surface area contributed by atoms with E-state index in [1.54, 1.807) is 17.0 Å². The van der Waals surface area contributed by atoms with E-state index in [9.17, 15) is 14.4 Å². The van der Waals surface area contributed by atoms with Crippen molar-refractivity contribution in [2.24, 2.45) is 5.92 Å². The monoisotopic (exact) mass is 491 g/mol. The molecule has 6 nitrogen and oxygen atoms in total. The van der Waals surface area contributed by atoms with Crippen LogP contribution in [0, 0.1) is 5.92 Å². The molecule has 1 atom stereocenters. The van der Waals surface area contributed by atoms with Crippen molar-refractivity contribution in [1.29, 1.82) is 0 Å². The predicted molar refractivity (Wildman–Crippen MR) is 140 cm³/mol. The lowest BCUT2D eigenvalue weighted by Crippen LogP contribution is -2.52. The first-order chi connectivity index (χ1) is 16.8. The molecule has 35 heavy (non-hydrogen) atoms. The van der Waals surface area contributed by atoms with Crippen LogP contribution in [-0.4, -0.2) is 41.8 Å². The van der Waals surface area contributed by atoms with Crippen LogP contribution < -0.4 is 10.2 Å². The number of nitrogens with one attached hydrogen (secondary N) is 1. The Balaban J connectivity index is 1.65. The molecule has 0 spiro atoms. The third kappa shape index (κ3) is 5.03. The molecule has 3 aromatic rings. The Morgan fingerprint density at radius 1 is 1.03 bits per heavy atom. The van der Waals surface area contributed by atoms with Crippen molar-refractivity contribution in [3.05, 3.63) is 76.8 Å². The molecule has 0 radical (unpaired) electrons. The number of nitrogens with zero attached hydrogens (tertiary/aromatic N) is 2. The second kappa shape index (κ2) is 10.5. The molecule has 0 bridgehead atoms. The van der Waals surface area contributed by atoms with Crippen molar-refractivity contribution in [3.63, 3.8) is 0 Å². The quantitative estimate of drug-likeness (QED) is 0.456. The number of hydrogen-bond donors (Lipinski definition) is 1. The van der Waals surface area contributed by atoms with E-state index < -0.39 is 6.04 Å². The van der Waals surface area contributed by atoms with E-state index in [2.05, 4.69) is 5.32 Å². The van der Waals surface area contributed by atoms with Crippen LogP contribution in [0.3, 0.4) is 0 Å². The van der Waals surface area contributed by atoms with Gasteiger partial charge in [0, 0.05) is 29.1 Å². The number of carbonyl (C=O) groups is 3. The number of carbonyl (C=O) groups excluding carboxylic acids is 3. The van der Waals surface area contributed by atoms with Gasteiger partial charge in [0.05, 0.1) is 5.69 Å². The molecule has 0 aromatic heterocycles. The Kier molecular flexibility index (Phi) is 7.41. The lowest BCUT2D eigenvalue weighted by atomic mass is 10.1. The number of anilines is 1. The van der Waals surface area contributed by atoms with Gasteiger partial charge in [0.1, 0.15) is 12.6 Å². The average molecular weight is 492 g/mol. The van der Waals surface area contributed by atoms with Gasteiger partial charge in [-0.2, -0.15) is 0 Å². The minimum Gasteiger partial charge on any atom is -0.354 e.